The average molecular weight is 250 g/mol. The lowest BCUT2D eigenvalue weighted by Crippen LogP contribution is -2.38. The van der Waals surface area contributed by atoms with Crippen molar-refractivity contribution in [1.82, 2.24) is 10.2 Å². The molecule has 1 saturated heterocycles. The van der Waals surface area contributed by atoms with Crippen LogP contribution in [0.25, 0.3) is 0 Å². The number of nitrogens with one attached hydrogen (secondary N) is 1. The van der Waals surface area contributed by atoms with E-state index in [1.54, 1.807) is 0 Å². The third kappa shape index (κ3) is 3.59. The zero-order valence-corrected chi connectivity index (χ0v) is 11.9. The van der Waals surface area contributed by atoms with Gasteiger partial charge in [-0.1, -0.05) is 6.42 Å². The van der Waals surface area contributed by atoms with Gasteiger partial charge in [0.05, 0.1) is 6.04 Å². The highest BCUT2D eigenvalue weighted by atomic mass is 16.3. The number of piperidine rings is 1. The third-order valence-corrected chi connectivity index (χ3v) is 4.04. The van der Waals surface area contributed by atoms with E-state index >= 15 is 0 Å². The van der Waals surface area contributed by atoms with E-state index in [0.29, 0.717) is 6.04 Å². The molecule has 18 heavy (non-hydrogen) atoms. The maximum atomic E-state index is 5.64. The van der Waals surface area contributed by atoms with Crippen LogP contribution in [-0.2, 0) is 0 Å². The molecule has 1 aromatic rings. The van der Waals surface area contributed by atoms with Crippen LogP contribution >= 0.6 is 0 Å². The van der Waals surface area contributed by atoms with Crippen molar-refractivity contribution in [3.63, 3.8) is 0 Å². The van der Waals surface area contributed by atoms with Gasteiger partial charge in [0.2, 0.25) is 0 Å². The standard InChI is InChI=1S/C15H26N2O/c1-12-7-8-15(18-12)13(2)16-10-9-14-6-4-5-11-17(14)3/h7-8,13-14,16H,4-6,9-11H2,1-3H3. The van der Waals surface area contributed by atoms with Crippen molar-refractivity contribution < 1.29 is 4.42 Å². The van der Waals surface area contributed by atoms with Gasteiger partial charge in [-0.3, -0.25) is 0 Å². The molecule has 1 aromatic heterocycles. The van der Waals surface area contributed by atoms with E-state index in [9.17, 15) is 0 Å². The lowest BCUT2D eigenvalue weighted by Gasteiger charge is -2.32. The predicted octanol–water partition coefficient (Wildman–Crippen LogP) is 3.11. The highest BCUT2D eigenvalue weighted by Gasteiger charge is 2.18. The van der Waals surface area contributed by atoms with Gasteiger partial charge < -0.3 is 14.6 Å². The predicted molar refractivity (Wildman–Crippen MR) is 74.7 cm³/mol. The van der Waals surface area contributed by atoms with Crippen LogP contribution in [0.5, 0.6) is 0 Å². The molecule has 0 bridgehead atoms. The van der Waals surface area contributed by atoms with E-state index in [2.05, 4.69) is 30.3 Å². The summed E-state index contributed by atoms with van der Waals surface area (Å²) in [5.74, 6) is 2.04. The summed E-state index contributed by atoms with van der Waals surface area (Å²) in [7, 11) is 2.25. The van der Waals surface area contributed by atoms with Gasteiger partial charge in [-0.2, -0.15) is 0 Å². The maximum Gasteiger partial charge on any atom is 0.120 e. The molecule has 0 amide bonds. The summed E-state index contributed by atoms with van der Waals surface area (Å²) in [4.78, 5) is 2.51. The van der Waals surface area contributed by atoms with Crippen molar-refractivity contribution in [3.8, 4) is 0 Å². The van der Waals surface area contributed by atoms with Crippen LogP contribution in [0.3, 0.4) is 0 Å². The molecule has 3 nitrogen and oxygen atoms in total. The Hall–Kier alpha value is -0.800. The smallest absolute Gasteiger partial charge is 0.120 e. The van der Waals surface area contributed by atoms with Crippen molar-refractivity contribution in [2.45, 2.75) is 51.6 Å². The summed E-state index contributed by atoms with van der Waals surface area (Å²) in [5.41, 5.74) is 0. The second kappa shape index (κ2) is 6.39. The number of nitrogens with zero attached hydrogens (tertiary/aromatic N) is 1. The number of likely N-dealkylation sites (tertiary alicyclic amines) is 1. The van der Waals surface area contributed by atoms with Crippen LogP contribution in [0.15, 0.2) is 16.5 Å². The Balaban J connectivity index is 1.71. The molecule has 0 aromatic carbocycles. The summed E-state index contributed by atoms with van der Waals surface area (Å²) in [6, 6.07) is 5.17. The van der Waals surface area contributed by atoms with Gasteiger partial charge in [0.15, 0.2) is 0 Å². The fourth-order valence-electron chi connectivity index (χ4n) is 2.76. The molecule has 0 aliphatic carbocycles. The van der Waals surface area contributed by atoms with E-state index in [0.717, 1.165) is 24.1 Å². The number of aryl methyl sites for hydroxylation is 1. The minimum absolute atomic E-state index is 0.313. The van der Waals surface area contributed by atoms with Gasteiger partial charge >= 0.3 is 0 Å². The molecule has 3 heteroatoms. The molecule has 0 spiro atoms. The Kier molecular flexibility index (Phi) is 4.84. The Labute approximate surface area is 111 Å². The van der Waals surface area contributed by atoms with Gasteiger partial charge in [0.1, 0.15) is 11.5 Å². The van der Waals surface area contributed by atoms with Crippen LogP contribution < -0.4 is 5.32 Å². The van der Waals surface area contributed by atoms with E-state index in [1.165, 1.54) is 32.2 Å². The van der Waals surface area contributed by atoms with Gasteiger partial charge in [-0.25, -0.2) is 0 Å². The molecule has 1 aliphatic heterocycles. The SMILES string of the molecule is Cc1ccc(C(C)NCCC2CCCCN2C)o1. The molecule has 0 saturated carbocycles. The fraction of sp³-hybridized carbons (Fsp3) is 0.733. The summed E-state index contributed by atoms with van der Waals surface area (Å²) in [6.45, 7) is 6.49. The zero-order valence-electron chi connectivity index (χ0n) is 11.9. The van der Waals surface area contributed by atoms with Crippen LogP contribution in [-0.4, -0.2) is 31.1 Å². The van der Waals surface area contributed by atoms with Crippen molar-refractivity contribution in [3.05, 3.63) is 23.7 Å². The monoisotopic (exact) mass is 250 g/mol. The maximum absolute atomic E-state index is 5.64. The normalized spacial score (nSPS) is 23.2. The van der Waals surface area contributed by atoms with Crippen LogP contribution in [0.2, 0.25) is 0 Å². The molecule has 2 unspecified atom stereocenters. The summed E-state index contributed by atoms with van der Waals surface area (Å²) in [5, 5.41) is 3.56. The van der Waals surface area contributed by atoms with Gasteiger partial charge in [0, 0.05) is 6.04 Å². The number of hydrogen-bond donors (Lipinski definition) is 1. The first-order valence-electron chi connectivity index (χ1n) is 7.17. The minimum Gasteiger partial charge on any atom is -0.465 e. The molecule has 1 aliphatic rings. The first-order chi connectivity index (χ1) is 8.66. The quantitative estimate of drug-likeness (QED) is 0.870. The molecule has 102 valence electrons. The van der Waals surface area contributed by atoms with Crippen molar-refractivity contribution in [1.29, 1.82) is 0 Å². The number of hydrogen-bond acceptors (Lipinski definition) is 3. The highest BCUT2D eigenvalue weighted by Crippen LogP contribution is 2.19. The Morgan fingerprint density at radius 1 is 1.44 bits per heavy atom. The molecular weight excluding hydrogens is 224 g/mol. The van der Waals surface area contributed by atoms with Gasteiger partial charge in [-0.15, -0.1) is 0 Å². The van der Waals surface area contributed by atoms with Crippen molar-refractivity contribution in [2.24, 2.45) is 0 Å². The molecule has 2 rings (SSSR count). The highest BCUT2D eigenvalue weighted by molar-refractivity contribution is 5.08. The topological polar surface area (TPSA) is 28.4 Å². The van der Waals surface area contributed by atoms with E-state index in [1.807, 2.05) is 13.0 Å². The molecule has 2 heterocycles. The zero-order chi connectivity index (χ0) is 13.0. The van der Waals surface area contributed by atoms with Gasteiger partial charge in [-0.05, 0) is 65.4 Å². The van der Waals surface area contributed by atoms with E-state index in [-0.39, 0.29) is 0 Å². The van der Waals surface area contributed by atoms with Crippen molar-refractivity contribution >= 4 is 0 Å². The number of furan rings is 1. The van der Waals surface area contributed by atoms with Crippen LogP contribution in [0, 0.1) is 6.92 Å². The summed E-state index contributed by atoms with van der Waals surface area (Å²) in [6.07, 6.45) is 5.34. The summed E-state index contributed by atoms with van der Waals surface area (Å²) >= 11 is 0. The Morgan fingerprint density at radius 2 is 2.28 bits per heavy atom. The molecule has 1 fully saturated rings. The lowest BCUT2D eigenvalue weighted by molar-refractivity contribution is 0.174. The van der Waals surface area contributed by atoms with Gasteiger partial charge in [0.25, 0.3) is 0 Å². The average Bonchev–Trinajstić information content (AvgIpc) is 2.78. The van der Waals surface area contributed by atoms with Crippen LogP contribution in [0.1, 0.15) is 50.2 Å². The van der Waals surface area contributed by atoms with E-state index < -0.39 is 0 Å². The second-order valence-corrected chi connectivity index (χ2v) is 5.54. The minimum atomic E-state index is 0.313. The van der Waals surface area contributed by atoms with Crippen molar-refractivity contribution in [2.75, 3.05) is 20.1 Å². The second-order valence-electron chi connectivity index (χ2n) is 5.54. The molecular formula is C15H26N2O. The Morgan fingerprint density at radius 3 is 2.94 bits per heavy atom. The largest absolute Gasteiger partial charge is 0.465 e. The van der Waals surface area contributed by atoms with Crippen LogP contribution in [0.4, 0.5) is 0 Å². The molecule has 1 N–H and O–H groups in total. The number of rotatable bonds is 5. The first-order valence-corrected chi connectivity index (χ1v) is 7.17. The fourth-order valence-corrected chi connectivity index (χ4v) is 2.76. The third-order valence-electron chi connectivity index (χ3n) is 4.04. The Bertz CT molecular complexity index is 361. The molecule has 0 radical (unpaired) electrons. The molecule has 2 atom stereocenters. The summed E-state index contributed by atoms with van der Waals surface area (Å²) < 4.78 is 5.64. The lowest BCUT2D eigenvalue weighted by atomic mass is 10.00. The van der Waals surface area contributed by atoms with E-state index in [4.69, 9.17) is 4.42 Å². The first kappa shape index (κ1) is 13.6.